The maximum Gasteiger partial charge on any atom is 0.334 e. The van der Waals surface area contributed by atoms with Crippen molar-refractivity contribution in [2.24, 2.45) is 16.7 Å². The van der Waals surface area contributed by atoms with Crippen molar-refractivity contribution in [2.45, 2.75) is 57.7 Å². The van der Waals surface area contributed by atoms with Crippen LogP contribution in [-0.2, 0) is 19.1 Å². The molecule has 0 amide bonds. The molecule has 7 heteroatoms. The molecule has 29 heavy (non-hydrogen) atoms. The van der Waals surface area contributed by atoms with Gasteiger partial charge in [-0.05, 0) is 25.3 Å². The van der Waals surface area contributed by atoms with Crippen molar-refractivity contribution in [2.75, 3.05) is 6.61 Å². The number of ether oxygens (including phenoxy) is 2. The molecule has 4 aliphatic rings. The van der Waals surface area contributed by atoms with E-state index in [1.54, 1.807) is 13.0 Å². The van der Waals surface area contributed by atoms with E-state index >= 15 is 0 Å². The molecule has 1 N–H and O–H groups in total. The van der Waals surface area contributed by atoms with E-state index in [-0.39, 0.29) is 43.0 Å². The second kappa shape index (κ2) is 5.59. The average Bonchev–Trinajstić information content (AvgIpc) is 3.22. The molecule has 0 unspecified atom stereocenters. The van der Waals surface area contributed by atoms with Crippen LogP contribution in [0.25, 0.3) is 0 Å². The third-order valence-electron chi connectivity index (χ3n) is 7.98. The number of fused-ring (bicyclic) bond motifs is 2. The zero-order chi connectivity index (χ0) is 20.8. The standard InChI is InChI=1S/C22H24O7/c1-11(23)29-16-9-22-10-28-19(25)14(22)5-4-13-17-12(6-7-27-17)15(24)8-20(2,18(13)22)21(16,3)26/h5-7,13,16,18,26H,4,8-10H2,1-3H3/t13-,16+,18+,20+,21-,22+/m0/s1. The van der Waals surface area contributed by atoms with Gasteiger partial charge < -0.3 is 19.0 Å². The van der Waals surface area contributed by atoms with E-state index in [2.05, 4.69) is 0 Å². The Balaban J connectivity index is 1.78. The van der Waals surface area contributed by atoms with Gasteiger partial charge in [0.05, 0.1) is 11.8 Å². The first-order valence-electron chi connectivity index (χ1n) is 10.00. The maximum atomic E-state index is 13.2. The molecule has 1 spiro atoms. The number of carbonyl (C=O) groups excluding carboxylic acids is 3. The minimum absolute atomic E-state index is 0.0642. The quantitative estimate of drug-likeness (QED) is 0.723. The number of cyclic esters (lactones) is 1. The first-order chi connectivity index (χ1) is 13.6. The van der Waals surface area contributed by atoms with Crippen LogP contribution in [0.1, 0.15) is 62.1 Å². The summed E-state index contributed by atoms with van der Waals surface area (Å²) >= 11 is 0. The van der Waals surface area contributed by atoms with Gasteiger partial charge in [-0.1, -0.05) is 13.0 Å². The molecule has 0 bridgehead atoms. The fourth-order valence-electron chi connectivity index (χ4n) is 6.60. The molecule has 1 aliphatic heterocycles. The number of carbonyl (C=O) groups is 3. The van der Waals surface area contributed by atoms with Gasteiger partial charge in [-0.2, -0.15) is 0 Å². The summed E-state index contributed by atoms with van der Waals surface area (Å²) in [4.78, 5) is 37.6. The van der Waals surface area contributed by atoms with E-state index < -0.39 is 28.5 Å². The van der Waals surface area contributed by atoms with Gasteiger partial charge in [0.2, 0.25) is 0 Å². The predicted octanol–water partition coefficient (Wildman–Crippen LogP) is 2.53. The maximum absolute atomic E-state index is 13.2. The minimum Gasteiger partial charge on any atom is -0.468 e. The summed E-state index contributed by atoms with van der Waals surface area (Å²) in [6.07, 6.45) is 3.39. The van der Waals surface area contributed by atoms with Gasteiger partial charge >= 0.3 is 11.9 Å². The van der Waals surface area contributed by atoms with Crippen LogP contribution in [0.2, 0.25) is 0 Å². The smallest absolute Gasteiger partial charge is 0.334 e. The van der Waals surface area contributed by atoms with E-state index in [0.29, 0.717) is 23.3 Å². The van der Waals surface area contributed by atoms with Gasteiger partial charge in [0.1, 0.15) is 24.1 Å². The molecule has 5 rings (SSSR count). The Labute approximate surface area is 168 Å². The Bertz CT molecular complexity index is 970. The molecule has 0 aromatic carbocycles. The summed E-state index contributed by atoms with van der Waals surface area (Å²) in [6, 6.07) is 1.68. The number of hydrogen-bond acceptors (Lipinski definition) is 7. The van der Waals surface area contributed by atoms with Crippen molar-refractivity contribution in [3.8, 4) is 0 Å². The van der Waals surface area contributed by atoms with Crippen LogP contribution in [0.4, 0.5) is 0 Å². The molecule has 1 saturated carbocycles. The van der Waals surface area contributed by atoms with Gasteiger partial charge in [-0.3, -0.25) is 9.59 Å². The molecular formula is C22H24O7. The lowest BCUT2D eigenvalue weighted by Gasteiger charge is -2.62. The molecule has 1 aromatic heterocycles. The summed E-state index contributed by atoms with van der Waals surface area (Å²) in [7, 11) is 0. The Morgan fingerprint density at radius 2 is 2.07 bits per heavy atom. The van der Waals surface area contributed by atoms with Crippen LogP contribution >= 0.6 is 0 Å². The van der Waals surface area contributed by atoms with Gasteiger partial charge in [0.15, 0.2) is 5.78 Å². The molecule has 7 nitrogen and oxygen atoms in total. The van der Waals surface area contributed by atoms with Crippen LogP contribution in [-0.4, -0.2) is 41.1 Å². The zero-order valence-electron chi connectivity index (χ0n) is 16.7. The molecule has 2 fully saturated rings. The zero-order valence-corrected chi connectivity index (χ0v) is 16.7. The Morgan fingerprint density at radius 3 is 2.79 bits per heavy atom. The number of rotatable bonds is 1. The SMILES string of the molecule is CC(=O)O[C@@H]1C[C@@]23COC(=O)C2=CC[C@H]2c4occc4C(=O)C[C@](C)([C@@H]23)[C@@]1(C)O. The van der Waals surface area contributed by atoms with Gasteiger partial charge in [0, 0.05) is 42.1 Å². The van der Waals surface area contributed by atoms with Gasteiger partial charge in [-0.15, -0.1) is 0 Å². The molecule has 2 heterocycles. The molecule has 3 aliphatic carbocycles. The summed E-state index contributed by atoms with van der Waals surface area (Å²) < 4.78 is 16.8. The second-order valence-corrected chi connectivity index (χ2v) is 9.34. The lowest BCUT2D eigenvalue weighted by atomic mass is 9.42. The first kappa shape index (κ1) is 18.6. The predicted molar refractivity (Wildman–Crippen MR) is 98.9 cm³/mol. The van der Waals surface area contributed by atoms with Gasteiger partial charge in [0.25, 0.3) is 0 Å². The number of hydrogen-bond donors (Lipinski definition) is 1. The third kappa shape index (κ3) is 2.14. The number of esters is 2. The molecule has 0 radical (unpaired) electrons. The molecule has 154 valence electrons. The van der Waals surface area contributed by atoms with E-state index in [0.717, 1.165) is 0 Å². The molecule has 1 saturated heterocycles. The first-order valence-corrected chi connectivity index (χ1v) is 10.00. The van der Waals surface area contributed by atoms with Crippen LogP contribution in [0.5, 0.6) is 0 Å². The minimum atomic E-state index is -1.47. The third-order valence-corrected chi connectivity index (χ3v) is 7.98. The Hall–Kier alpha value is -2.41. The normalized spacial score (nSPS) is 42.8. The van der Waals surface area contributed by atoms with E-state index in [1.165, 1.54) is 13.2 Å². The Kier molecular flexibility index (Phi) is 3.59. The largest absolute Gasteiger partial charge is 0.468 e. The fraction of sp³-hybridized carbons (Fsp3) is 0.591. The van der Waals surface area contributed by atoms with Crippen molar-refractivity contribution in [3.05, 3.63) is 35.3 Å². The highest BCUT2D eigenvalue weighted by Gasteiger charge is 2.72. The summed E-state index contributed by atoms with van der Waals surface area (Å²) in [5, 5.41) is 11.7. The lowest BCUT2D eigenvalue weighted by Crippen LogP contribution is -2.68. The molecular weight excluding hydrogens is 376 g/mol. The number of furan rings is 1. The summed E-state index contributed by atoms with van der Waals surface area (Å²) in [6.45, 7) is 4.95. The van der Waals surface area contributed by atoms with Crippen LogP contribution in [0.15, 0.2) is 28.4 Å². The van der Waals surface area contributed by atoms with Crippen molar-refractivity contribution in [1.29, 1.82) is 0 Å². The second-order valence-electron chi connectivity index (χ2n) is 9.34. The molecule has 1 aromatic rings. The van der Waals surface area contributed by atoms with Crippen LogP contribution in [0.3, 0.4) is 0 Å². The van der Waals surface area contributed by atoms with Crippen molar-refractivity contribution < 1.29 is 33.4 Å². The van der Waals surface area contributed by atoms with E-state index in [9.17, 15) is 19.5 Å². The summed E-state index contributed by atoms with van der Waals surface area (Å²) in [5.74, 6) is -0.845. The monoisotopic (exact) mass is 400 g/mol. The van der Waals surface area contributed by atoms with Gasteiger partial charge in [-0.25, -0.2) is 4.79 Å². The Morgan fingerprint density at radius 1 is 1.31 bits per heavy atom. The topological polar surface area (TPSA) is 103 Å². The fourth-order valence-corrected chi connectivity index (χ4v) is 6.60. The summed E-state index contributed by atoms with van der Waals surface area (Å²) in [5.41, 5.74) is -2.07. The molecule has 6 atom stereocenters. The van der Waals surface area contributed by atoms with Crippen molar-refractivity contribution in [3.63, 3.8) is 0 Å². The highest BCUT2D eigenvalue weighted by Crippen LogP contribution is 2.69. The highest BCUT2D eigenvalue weighted by atomic mass is 16.6. The number of ketones is 1. The number of Topliss-reactive ketones (excluding diaryl/α,β-unsaturated/α-hetero) is 1. The van der Waals surface area contributed by atoms with Crippen molar-refractivity contribution in [1.82, 2.24) is 0 Å². The van der Waals surface area contributed by atoms with E-state index in [1.807, 2.05) is 13.0 Å². The number of aliphatic hydroxyl groups is 1. The van der Waals surface area contributed by atoms with Crippen LogP contribution in [0, 0.1) is 16.7 Å². The van der Waals surface area contributed by atoms with E-state index in [4.69, 9.17) is 13.9 Å². The lowest BCUT2D eigenvalue weighted by molar-refractivity contribution is -0.238. The van der Waals surface area contributed by atoms with Crippen molar-refractivity contribution >= 4 is 17.7 Å². The average molecular weight is 400 g/mol. The number of allylic oxidation sites excluding steroid dienone is 1. The highest BCUT2D eigenvalue weighted by molar-refractivity contribution is 5.99. The van der Waals surface area contributed by atoms with Crippen LogP contribution < -0.4 is 0 Å².